The largest absolute Gasteiger partial charge is 0.0738 e. The van der Waals surface area contributed by atoms with Crippen LogP contribution in [0.1, 0.15) is 22.3 Å². The van der Waals surface area contributed by atoms with Gasteiger partial charge in [-0.3, -0.25) is 0 Å². The van der Waals surface area contributed by atoms with Gasteiger partial charge in [0.15, 0.2) is 0 Å². The highest BCUT2D eigenvalue weighted by molar-refractivity contribution is 6.29. The highest BCUT2D eigenvalue weighted by Gasteiger charge is 2.54. The predicted molar refractivity (Wildman–Crippen MR) is 284 cm³/mol. The molecule has 67 heavy (non-hydrogen) atoms. The highest BCUT2D eigenvalue weighted by Crippen LogP contribution is 2.68. The Balaban J connectivity index is 1.07. The molecule has 0 aromatic heterocycles. The lowest BCUT2D eigenvalue weighted by Gasteiger charge is -2.33. The molecule has 0 fully saturated rings. The molecule has 0 heteroatoms. The molecule has 13 aromatic rings. The zero-order chi connectivity index (χ0) is 43.8. The Morgan fingerprint density at radius 1 is 0.194 bits per heavy atom. The molecule has 2 aliphatic rings. The molecule has 0 N–H and O–H groups in total. The van der Waals surface area contributed by atoms with Gasteiger partial charge in [-0.1, -0.05) is 237 Å². The highest BCUT2D eigenvalue weighted by atomic mass is 14.5. The van der Waals surface area contributed by atoms with Crippen LogP contribution in [0.25, 0.3) is 120 Å². The lowest BCUT2D eigenvalue weighted by Crippen LogP contribution is -2.26. The van der Waals surface area contributed by atoms with Crippen molar-refractivity contribution in [1.82, 2.24) is 0 Å². The second-order valence-corrected chi connectivity index (χ2v) is 18.5. The quantitative estimate of drug-likeness (QED) is 0.123. The first kappa shape index (κ1) is 36.7. The van der Waals surface area contributed by atoms with E-state index in [-0.39, 0.29) is 0 Å². The summed E-state index contributed by atoms with van der Waals surface area (Å²) < 4.78 is 0. The number of fused-ring (bicyclic) bond motifs is 22. The second kappa shape index (κ2) is 13.7. The first-order valence-corrected chi connectivity index (χ1v) is 23.5. The molecule has 15 rings (SSSR count). The minimum Gasteiger partial charge on any atom is -0.0622 e. The summed E-state index contributed by atoms with van der Waals surface area (Å²) in [5.74, 6) is 0. The Morgan fingerprint density at radius 2 is 0.522 bits per heavy atom. The molecule has 0 radical (unpaired) electrons. The molecule has 13 aromatic carbocycles. The average molecular weight is 845 g/mol. The molecule has 2 aliphatic carbocycles. The summed E-state index contributed by atoms with van der Waals surface area (Å²) in [6.07, 6.45) is 0. The molecule has 0 atom stereocenters. The fourth-order valence-corrected chi connectivity index (χ4v) is 12.9. The third-order valence-corrected chi connectivity index (χ3v) is 15.4. The van der Waals surface area contributed by atoms with E-state index in [0.717, 1.165) is 0 Å². The van der Waals surface area contributed by atoms with Crippen LogP contribution < -0.4 is 0 Å². The average Bonchev–Trinajstić information content (AvgIpc) is 3.89. The summed E-state index contributed by atoms with van der Waals surface area (Å²) in [5, 5.41) is 15.4. The molecule has 0 saturated carbocycles. The van der Waals surface area contributed by atoms with E-state index >= 15 is 0 Å². The van der Waals surface area contributed by atoms with Crippen molar-refractivity contribution < 1.29 is 0 Å². The maximum atomic E-state index is 2.53. The summed E-state index contributed by atoms with van der Waals surface area (Å²) >= 11 is 0. The Hall–Kier alpha value is -8.58. The van der Waals surface area contributed by atoms with E-state index in [1.54, 1.807) is 0 Å². The molecule has 308 valence electrons. The zero-order valence-electron chi connectivity index (χ0n) is 36.6. The smallest absolute Gasteiger partial charge is 0.0622 e. The molecule has 0 saturated heterocycles. The van der Waals surface area contributed by atoms with Gasteiger partial charge in [-0.15, -0.1) is 0 Å². The normalized spacial score (nSPS) is 13.2. The second-order valence-electron chi connectivity index (χ2n) is 18.5. The first-order valence-electron chi connectivity index (χ1n) is 23.5. The topological polar surface area (TPSA) is 0 Å². The van der Waals surface area contributed by atoms with Crippen molar-refractivity contribution in [3.05, 3.63) is 265 Å². The summed E-state index contributed by atoms with van der Waals surface area (Å²) in [4.78, 5) is 0. The van der Waals surface area contributed by atoms with Crippen molar-refractivity contribution in [2.24, 2.45) is 0 Å². The fraction of sp³-hybridized carbons (Fsp3) is 0.0149. The fourth-order valence-electron chi connectivity index (χ4n) is 12.9. The van der Waals surface area contributed by atoms with Crippen molar-refractivity contribution in [3.8, 4) is 55.6 Å². The van der Waals surface area contributed by atoms with Crippen LogP contribution >= 0.6 is 0 Å². The van der Waals surface area contributed by atoms with Crippen molar-refractivity contribution in [2.45, 2.75) is 5.41 Å². The standard InChI is InChI=1S/C67H40/c1-2-18-41(19-3-1)42-34-36-43(37-35-42)61-52-27-9-11-29-54(52)62(55-30-12-10-28-53(55)61)44-38-39-57-58(40-44)47-22-5-8-26-51(47)64-63-50-25-7-4-20-45(50)46-21-6-13-31-56(46)65(63)67(66(57)64)59-32-16-14-23-48(59)49-24-15-17-33-60(49)67/h1-40H. The van der Waals surface area contributed by atoms with E-state index < -0.39 is 5.41 Å². The van der Waals surface area contributed by atoms with Crippen LogP contribution in [0.4, 0.5) is 0 Å². The molecular formula is C67H40. The SMILES string of the molecule is c1ccc(-c2ccc(-c3c4ccccc4c(-c4ccc5c6c(c7ccccc7c5c4)-c4c(c5ccccc5c5ccccc45)C64c5ccccc5-c5ccccc54)c4ccccc34)cc2)cc1. The van der Waals surface area contributed by atoms with Gasteiger partial charge in [-0.05, 0) is 149 Å². The molecule has 0 heterocycles. The third-order valence-electron chi connectivity index (χ3n) is 15.4. The van der Waals surface area contributed by atoms with Crippen molar-refractivity contribution in [2.75, 3.05) is 0 Å². The van der Waals surface area contributed by atoms with Crippen LogP contribution in [0.2, 0.25) is 0 Å². The van der Waals surface area contributed by atoms with Gasteiger partial charge in [0, 0.05) is 0 Å². The minimum atomic E-state index is -0.553. The van der Waals surface area contributed by atoms with Gasteiger partial charge in [0.1, 0.15) is 0 Å². The maximum Gasteiger partial charge on any atom is 0.0738 e. The van der Waals surface area contributed by atoms with Crippen molar-refractivity contribution in [1.29, 1.82) is 0 Å². The maximum absolute atomic E-state index is 2.53. The minimum absolute atomic E-state index is 0.553. The third kappa shape index (κ3) is 4.81. The Labute approximate surface area is 388 Å². The Morgan fingerprint density at radius 3 is 1.04 bits per heavy atom. The molecule has 0 bridgehead atoms. The van der Waals surface area contributed by atoms with E-state index in [4.69, 9.17) is 0 Å². The number of hydrogen-bond acceptors (Lipinski definition) is 0. The van der Waals surface area contributed by atoms with E-state index in [2.05, 4.69) is 243 Å². The predicted octanol–water partition coefficient (Wildman–Crippen LogP) is 18.0. The van der Waals surface area contributed by atoms with Crippen LogP contribution in [-0.2, 0) is 5.41 Å². The number of rotatable bonds is 3. The molecule has 0 amide bonds. The van der Waals surface area contributed by atoms with Crippen LogP contribution in [0.3, 0.4) is 0 Å². The van der Waals surface area contributed by atoms with Gasteiger partial charge in [0.05, 0.1) is 5.41 Å². The molecule has 0 nitrogen and oxygen atoms in total. The van der Waals surface area contributed by atoms with Crippen LogP contribution in [0, 0.1) is 0 Å². The summed E-state index contributed by atoms with van der Waals surface area (Å²) in [7, 11) is 0. The van der Waals surface area contributed by atoms with Crippen LogP contribution in [0.5, 0.6) is 0 Å². The molecule has 0 aliphatic heterocycles. The first-order chi connectivity index (χ1) is 33.3. The van der Waals surface area contributed by atoms with E-state index in [1.165, 1.54) is 143 Å². The van der Waals surface area contributed by atoms with E-state index in [0.29, 0.717) is 0 Å². The lowest BCUT2D eigenvalue weighted by atomic mass is 9.67. The zero-order valence-corrected chi connectivity index (χ0v) is 36.6. The van der Waals surface area contributed by atoms with Crippen LogP contribution in [-0.4, -0.2) is 0 Å². The van der Waals surface area contributed by atoms with Crippen molar-refractivity contribution in [3.63, 3.8) is 0 Å². The van der Waals surface area contributed by atoms with Crippen LogP contribution in [0.15, 0.2) is 243 Å². The Bertz CT molecular complexity index is 4150. The van der Waals surface area contributed by atoms with E-state index in [1.807, 2.05) is 0 Å². The van der Waals surface area contributed by atoms with E-state index in [9.17, 15) is 0 Å². The number of hydrogen-bond donors (Lipinski definition) is 0. The van der Waals surface area contributed by atoms with Gasteiger partial charge in [0.2, 0.25) is 0 Å². The monoisotopic (exact) mass is 844 g/mol. The van der Waals surface area contributed by atoms with Gasteiger partial charge < -0.3 is 0 Å². The van der Waals surface area contributed by atoms with Gasteiger partial charge in [0.25, 0.3) is 0 Å². The van der Waals surface area contributed by atoms with Gasteiger partial charge >= 0.3 is 0 Å². The number of benzene rings is 13. The molecule has 1 spiro atoms. The van der Waals surface area contributed by atoms with Crippen molar-refractivity contribution >= 4 is 64.6 Å². The Kier molecular flexibility index (Phi) is 7.52. The molecule has 0 unspecified atom stereocenters. The molecular weight excluding hydrogens is 805 g/mol. The summed E-state index contributed by atoms with van der Waals surface area (Å²) in [5.41, 5.74) is 17.8. The summed E-state index contributed by atoms with van der Waals surface area (Å²) in [6, 6.07) is 91.4. The lowest BCUT2D eigenvalue weighted by molar-refractivity contribution is 0.810. The summed E-state index contributed by atoms with van der Waals surface area (Å²) in [6.45, 7) is 0. The van der Waals surface area contributed by atoms with Gasteiger partial charge in [-0.25, -0.2) is 0 Å². The van der Waals surface area contributed by atoms with Gasteiger partial charge in [-0.2, -0.15) is 0 Å².